The number of carboxylic acids is 1. The summed E-state index contributed by atoms with van der Waals surface area (Å²) in [5.74, 6) is -4.76. The molecule has 2 amide bonds. The molecule has 2 fully saturated rings. The van der Waals surface area contributed by atoms with E-state index in [9.17, 15) is 28.3 Å². The van der Waals surface area contributed by atoms with Crippen LogP contribution in [0, 0.1) is 0 Å². The zero-order valence-electron chi connectivity index (χ0n) is 18.7. The van der Waals surface area contributed by atoms with E-state index in [2.05, 4.69) is 0 Å². The van der Waals surface area contributed by atoms with Crippen molar-refractivity contribution in [3.8, 4) is 0 Å². The van der Waals surface area contributed by atoms with Crippen molar-refractivity contribution in [3.05, 3.63) is 34.9 Å². The second-order valence-corrected chi connectivity index (χ2v) is 9.58. The van der Waals surface area contributed by atoms with Crippen LogP contribution >= 0.6 is 0 Å². The lowest BCUT2D eigenvalue weighted by Crippen LogP contribution is -2.45. The van der Waals surface area contributed by atoms with Gasteiger partial charge in [-0.1, -0.05) is 0 Å². The summed E-state index contributed by atoms with van der Waals surface area (Å²) in [6.45, 7) is 5.84. The molecule has 2 heterocycles. The number of rotatable bonds is 3. The van der Waals surface area contributed by atoms with Gasteiger partial charge in [-0.05, 0) is 69.7 Å². The van der Waals surface area contributed by atoms with Crippen molar-refractivity contribution >= 4 is 18.0 Å². The van der Waals surface area contributed by atoms with Crippen molar-refractivity contribution in [3.63, 3.8) is 0 Å². The number of likely N-dealkylation sites (tertiary alicyclic amines) is 2. The minimum atomic E-state index is -2.93. The van der Waals surface area contributed by atoms with Gasteiger partial charge in [0.2, 0.25) is 0 Å². The molecule has 1 N–H and O–H groups in total. The monoisotopic (exact) mass is 452 g/mol. The number of hydrogen-bond acceptors (Lipinski definition) is 4. The van der Waals surface area contributed by atoms with Gasteiger partial charge in [-0.3, -0.25) is 4.79 Å². The number of carbonyl (C=O) groups is 3. The Morgan fingerprint density at radius 3 is 2.22 bits per heavy atom. The van der Waals surface area contributed by atoms with E-state index in [4.69, 9.17) is 4.74 Å². The van der Waals surface area contributed by atoms with Crippen molar-refractivity contribution < 1.29 is 33.0 Å². The third kappa shape index (κ3) is 5.95. The molecule has 0 spiro atoms. The first-order chi connectivity index (χ1) is 14.8. The molecule has 1 aromatic carbocycles. The second-order valence-electron chi connectivity index (χ2n) is 9.58. The van der Waals surface area contributed by atoms with Crippen LogP contribution in [0.1, 0.15) is 78.7 Å². The first kappa shape index (κ1) is 23.9. The summed E-state index contributed by atoms with van der Waals surface area (Å²) in [6, 6.07) is 4.38. The molecule has 1 aromatic rings. The molecule has 32 heavy (non-hydrogen) atoms. The van der Waals surface area contributed by atoms with E-state index < -0.39 is 36.0 Å². The molecule has 2 aliphatic rings. The van der Waals surface area contributed by atoms with Crippen LogP contribution in [0.5, 0.6) is 0 Å². The predicted octanol–water partition coefficient (Wildman–Crippen LogP) is 4.37. The van der Waals surface area contributed by atoms with Gasteiger partial charge in [-0.2, -0.15) is 0 Å². The lowest BCUT2D eigenvalue weighted by molar-refractivity contribution is -0.0560. The number of amides is 2. The zero-order chi connectivity index (χ0) is 23.7. The summed E-state index contributed by atoms with van der Waals surface area (Å²) in [5, 5.41) is 9.52. The van der Waals surface area contributed by atoms with Crippen LogP contribution in [0.4, 0.5) is 13.6 Å². The quantitative estimate of drug-likeness (QED) is 0.736. The number of aromatic carboxylic acids is 1. The van der Waals surface area contributed by atoms with Gasteiger partial charge < -0.3 is 19.6 Å². The minimum absolute atomic E-state index is 0.0517. The van der Waals surface area contributed by atoms with Gasteiger partial charge in [0, 0.05) is 31.6 Å². The fourth-order valence-electron chi connectivity index (χ4n) is 4.18. The molecule has 0 atom stereocenters. The van der Waals surface area contributed by atoms with Gasteiger partial charge in [0.15, 0.2) is 0 Å². The summed E-state index contributed by atoms with van der Waals surface area (Å²) in [7, 11) is 0. The van der Waals surface area contributed by atoms with Gasteiger partial charge in [0.05, 0.1) is 12.1 Å². The van der Waals surface area contributed by atoms with Crippen LogP contribution in [0.3, 0.4) is 0 Å². The standard InChI is InChI=1S/C23H30F2N2O5/c1-22(2,3)32-21(31)26-9-5-15(6-10-26)16-11-17(13-18(12-16)20(29)30)19(28)27-8-4-7-23(24,25)14-27/h11-13,15H,4-10,14H2,1-3H3,(H,29,30). The molecule has 0 saturated carbocycles. The molecule has 176 valence electrons. The summed E-state index contributed by atoms with van der Waals surface area (Å²) in [4.78, 5) is 39.5. The van der Waals surface area contributed by atoms with E-state index in [1.54, 1.807) is 31.7 Å². The highest BCUT2D eigenvalue weighted by Crippen LogP contribution is 2.32. The molecule has 2 saturated heterocycles. The fourth-order valence-corrected chi connectivity index (χ4v) is 4.18. The summed E-state index contributed by atoms with van der Waals surface area (Å²) in [5.41, 5.74) is 0.127. The Labute approximate surface area is 186 Å². The molecule has 3 rings (SSSR count). The van der Waals surface area contributed by atoms with Crippen molar-refractivity contribution in [2.45, 2.75) is 63.9 Å². The summed E-state index contributed by atoms with van der Waals surface area (Å²) < 4.78 is 33.0. The van der Waals surface area contributed by atoms with E-state index in [1.165, 1.54) is 12.1 Å². The van der Waals surface area contributed by atoms with Crippen molar-refractivity contribution in [1.29, 1.82) is 0 Å². The molecule has 0 bridgehead atoms. The van der Waals surface area contributed by atoms with E-state index >= 15 is 0 Å². The molecular weight excluding hydrogens is 422 g/mol. The average molecular weight is 452 g/mol. The Hall–Kier alpha value is -2.71. The summed E-state index contributed by atoms with van der Waals surface area (Å²) in [6.07, 6.45) is 0.716. The average Bonchev–Trinajstić information content (AvgIpc) is 2.71. The first-order valence-electron chi connectivity index (χ1n) is 10.9. The number of halogens is 2. The maximum atomic E-state index is 13.8. The second kappa shape index (κ2) is 9.03. The smallest absolute Gasteiger partial charge is 0.410 e. The van der Waals surface area contributed by atoms with E-state index in [-0.39, 0.29) is 36.4 Å². The van der Waals surface area contributed by atoms with E-state index in [0.717, 1.165) is 4.90 Å². The van der Waals surface area contributed by atoms with Crippen molar-refractivity contribution in [1.82, 2.24) is 9.80 Å². The fraction of sp³-hybridized carbons (Fsp3) is 0.609. The summed E-state index contributed by atoms with van der Waals surface area (Å²) >= 11 is 0. The molecular formula is C23H30F2N2O5. The highest BCUT2D eigenvalue weighted by atomic mass is 19.3. The highest BCUT2D eigenvalue weighted by molar-refractivity contribution is 5.98. The third-order valence-corrected chi connectivity index (χ3v) is 5.75. The van der Waals surface area contributed by atoms with Crippen molar-refractivity contribution in [2.24, 2.45) is 0 Å². The lowest BCUT2D eigenvalue weighted by Gasteiger charge is -2.34. The van der Waals surface area contributed by atoms with Gasteiger partial charge in [-0.15, -0.1) is 0 Å². The van der Waals surface area contributed by atoms with Crippen LogP contribution in [0.25, 0.3) is 0 Å². The Balaban J connectivity index is 1.76. The maximum Gasteiger partial charge on any atom is 0.410 e. The van der Waals surface area contributed by atoms with E-state index in [1.807, 2.05) is 0 Å². The Morgan fingerprint density at radius 2 is 1.66 bits per heavy atom. The molecule has 0 aliphatic carbocycles. The Morgan fingerprint density at radius 1 is 1.03 bits per heavy atom. The number of hydrogen-bond donors (Lipinski definition) is 1. The number of ether oxygens (including phenoxy) is 1. The predicted molar refractivity (Wildman–Crippen MR) is 113 cm³/mol. The van der Waals surface area contributed by atoms with E-state index in [0.29, 0.717) is 31.5 Å². The Kier molecular flexibility index (Phi) is 6.76. The van der Waals surface area contributed by atoms with Crippen LogP contribution in [0.15, 0.2) is 18.2 Å². The number of carboxylic acid groups (broad SMARTS) is 1. The number of carbonyl (C=O) groups excluding carboxylic acids is 2. The first-order valence-corrected chi connectivity index (χ1v) is 10.9. The topological polar surface area (TPSA) is 87.1 Å². The Bertz CT molecular complexity index is 889. The van der Waals surface area contributed by atoms with Crippen LogP contribution < -0.4 is 0 Å². The normalized spacial score (nSPS) is 19.5. The molecule has 2 aliphatic heterocycles. The van der Waals surface area contributed by atoms with Crippen LogP contribution in [-0.4, -0.2) is 70.6 Å². The van der Waals surface area contributed by atoms with Gasteiger partial charge in [-0.25, -0.2) is 18.4 Å². The largest absolute Gasteiger partial charge is 0.478 e. The number of benzene rings is 1. The van der Waals surface area contributed by atoms with Gasteiger partial charge in [0.25, 0.3) is 11.8 Å². The van der Waals surface area contributed by atoms with Crippen molar-refractivity contribution in [2.75, 3.05) is 26.2 Å². The zero-order valence-corrected chi connectivity index (χ0v) is 18.7. The highest BCUT2D eigenvalue weighted by Gasteiger charge is 2.37. The molecule has 9 heteroatoms. The number of piperidine rings is 2. The number of nitrogens with zero attached hydrogens (tertiary/aromatic N) is 2. The SMILES string of the molecule is CC(C)(C)OC(=O)N1CCC(c2cc(C(=O)O)cc(C(=O)N3CCCC(F)(F)C3)c2)CC1. The number of alkyl halides is 2. The molecule has 0 radical (unpaired) electrons. The maximum absolute atomic E-state index is 13.8. The molecule has 7 nitrogen and oxygen atoms in total. The molecule has 0 unspecified atom stereocenters. The third-order valence-electron chi connectivity index (χ3n) is 5.75. The van der Waals surface area contributed by atoms with Gasteiger partial charge >= 0.3 is 12.1 Å². The minimum Gasteiger partial charge on any atom is -0.478 e. The molecule has 0 aromatic heterocycles. The van der Waals surface area contributed by atoms with Crippen LogP contribution in [-0.2, 0) is 4.74 Å². The van der Waals surface area contributed by atoms with Crippen LogP contribution in [0.2, 0.25) is 0 Å². The lowest BCUT2D eigenvalue weighted by atomic mass is 9.87. The van der Waals surface area contributed by atoms with Gasteiger partial charge in [0.1, 0.15) is 5.60 Å².